The summed E-state index contributed by atoms with van der Waals surface area (Å²) in [6, 6.07) is 16.3. The van der Waals surface area contributed by atoms with Crippen LogP contribution in [0.1, 0.15) is 40.7 Å². The maximum atomic E-state index is 13.5. The second-order valence-electron chi connectivity index (χ2n) is 9.80. The fraction of sp³-hybridized carbons (Fsp3) is 0.233. The van der Waals surface area contributed by atoms with E-state index in [1.54, 1.807) is 36.7 Å². The summed E-state index contributed by atoms with van der Waals surface area (Å²) in [5.41, 5.74) is 3.56. The number of benzene rings is 2. The largest absolute Gasteiger partial charge is 0.508 e. The molecule has 1 aliphatic heterocycles. The number of phenols is 2. The number of aromatic nitrogens is 2. The van der Waals surface area contributed by atoms with Gasteiger partial charge in [0.05, 0.1) is 17.8 Å². The van der Waals surface area contributed by atoms with Crippen molar-refractivity contribution in [2.24, 2.45) is 0 Å². The Hall–Kier alpha value is -4.28. The standard InChI is InChI=1S/C30H30N4O5S/c1-21-16-26(40(38,39)33-14-3-2-4-15-33)19-32-29(21)23-7-9-24(10-8-23)34(20-22-6-5-13-31-18-22)30(37)27-12-11-25(35)17-28(27)36/h5-13,16-19,35-36H,2-4,14-15,20H2,1H3. The average molecular weight is 559 g/mol. The number of amides is 1. The number of piperidine rings is 1. The minimum absolute atomic E-state index is 0.0498. The van der Waals surface area contributed by atoms with Gasteiger partial charge in [0.1, 0.15) is 16.4 Å². The highest BCUT2D eigenvalue weighted by molar-refractivity contribution is 7.89. The van der Waals surface area contributed by atoms with Gasteiger partial charge in [0.15, 0.2) is 0 Å². The number of hydrogen-bond acceptors (Lipinski definition) is 7. The van der Waals surface area contributed by atoms with Crippen molar-refractivity contribution in [2.75, 3.05) is 18.0 Å². The molecule has 5 rings (SSSR count). The van der Waals surface area contributed by atoms with Crippen molar-refractivity contribution in [3.8, 4) is 22.8 Å². The van der Waals surface area contributed by atoms with E-state index in [2.05, 4.69) is 9.97 Å². The number of pyridine rings is 2. The van der Waals surface area contributed by atoms with Gasteiger partial charge in [-0.3, -0.25) is 14.8 Å². The summed E-state index contributed by atoms with van der Waals surface area (Å²) >= 11 is 0. The number of aryl methyl sites for hydroxylation is 1. The molecule has 0 bridgehead atoms. The maximum Gasteiger partial charge on any atom is 0.262 e. The van der Waals surface area contributed by atoms with Crippen molar-refractivity contribution in [1.29, 1.82) is 0 Å². The van der Waals surface area contributed by atoms with Gasteiger partial charge in [0.2, 0.25) is 10.0 Å². The smallest absolute Gasteiger partial charge is 0.262 e. The lowest BCUT2D eigenvalue weighted by Gasteiger charge is -2.26. The van der Waals surface area contributed by atoms with Crippen LogP contribution in [0.2, 0.25) is 0 Å². The molecule has 1 amide bonds. The second kappa shape index (κ2) is 11.4. The highest BCUT2D eigenvalue weighted by Gasteiger charge is 2.27. The van der Waals surface area contributed by atoms with Crippen LogP contribution >= 0.6 is 0 Å². The van der Waals surface area contributed by atoms with E-state index in [0.717, 1.165) is 42.0 Å². The van der Waals surface area contributed by atoms with Crippen LogP contribution in [0.4, 0.5) is 5.69 Å². The van der Waals surface area contributed by atoms with Gasteiger partial charge in [-0.05, 0) is 67.3 Å². The molecule has 0 aliphatic carbocycles. The number of nitrogens with zero attached hydrogens (tertiary/aromatic N) is 4. The molecule has 1 fully saturated rings. The number of phenolic OH excluding ortho intramolecular Hbond substituents is 2. The lowest BCUT2D eigenvalue weighted by Crippen LogP contribution is -2.35. The third-order valence-corrected chi connectivity index (χ3v) is 8.84. The highest BCUT2D eigenvalue weighted by Crippen LogP contribution is 2.30. The van der Waals surface area contributed by atoms with E-state index in [9.17, 15) is 23.4 Å². The van der Waals surface area contributed by atoms with Crippen molar-refractivity contribution >= 4 is 21.6 Å². The molecule has 0 radical (unpaired) electrons. The third-order valence-electron chi connectivity index (χ3n) is 6.98. The number of rotatable bonds is 7. The molecule has 0 spiro atoms. The van der Waals surface area contributed by atoms with E-state index in [1.807, 2.05) is 25.1 Å². The first-order chi connectivity index (χ1) is 19.2. The Morgan fingerprint density at radius 3 is 2.38 bits per heavy atom. The summed E-state index contributed by atoms with van der Waals surface area (Å²) in [5.74, 6) is -0.914. The molecule has 2 aromatic carbocycles. The number of anilines is 1. The summed E-state index contributed by atoms with van der Waals surface area (Å²) in [6.45, 7) is 3.09. The van der Waals surface area contributed by atoms with Crippen LogP contribution in [0.15, 0.2) is 84.1 Å². The Morgan fingerprint density at radius 2 is 1.73 bits per heavy atom. The zero-order valence-corrected chi connectivity index (χ0v) is 22.9. The Labute approximate surface area is 233 Å². The lowest BCUT2D eigenvalue weighted by atomic mass is 10.1. The predicted molar refractivity (Wildman–Crippen MR) is 152 cm³/mol. The van der Waals surface area contributed by atoms with Crippen LogP contribution in [-0.4, -0.2) is 51.9 Å². The Bertz CT molecular complexity index is 1620. The normalized spacial score (nSPS) is 14.1. The molecule has 40 heavy (non-hydrogen) atoms. The summed E-state index contributed by atoms with van der Waals surface area (Å²) in [5, 5.41) is 20.0. The van der Waals surface area contributed by atoms with Crippen LogP contribution in [0.3, 0.4) is 0 Å². The highest BCUT2D eigenvalue weighted by atomic mass is 32.2. The molecule has 206 valence electrons. The molecule has 9 nitrogen and oxygen atoms in total. The Balaban J connectivity index is 1.44. The van der Waals surface area contributed by atoms with Gasteiger partial charge in [-0.2, -0.15) is 4.31 Å². The van der Waals surface area contributed by atoms with Gasteiger partial charge in [-0.1, -0.05) is 24.6 Å². The minimum atomic E-state index is -3.59. The van der Waals surface area contributed by atoms with E-state index < -0.39 is 15.9 Å². The Morgan fingerprint density at radius 1 is 0.975 bits per heavy atom. The summed E-state index contributed by atoms with van der Waals surface area (Å²) in [7, 11) is -3.59. The van der Waals surface area contributed by atoms with Gasteiger partial charge in [-0.15, -0.1) is 0 Å². The van der Waals surface area contributed by atoms with E-state index in [-0.39, 0.29) is 28.5 Å². The molecule has 4 aromatic rings. The van der Waals surface area contributed by atoms with E-state index >= 15 is 0 Å². The van der Waals surface area contributed by atoms with Crippen molar-refractivity contribution in [2.45, 2.75) is 37.6 Å². The van der Waals surface area contributed by atoms with Gasteiger partial charge >= 0.3 is 0 Å². The second-order valence-corrected chi connectivity index (χ2v) is 11.7. The monoisotopic (exact) mass is 558 g/mol. The molecule has 10 heteroatoms. The van der Waals surface area contributed by atoms with Gasteiger partial charge in [0, 0.05) is 49.0 Å². The topological polar surface area (TPSA) is 124 Å². The third kappa shape index (κ3) is 5.68. The van der Waals surface area contributed by atoms with Gasteiger partial charge in [0.25, 0.3) is 5.91 Å². The van der Waals surface area contributed by atoms with Crippen LogP contribution in [0.5, 0.6) is 11.5 Å². The molecule has 1 saturated heterocycles. The molecule has 3 heterocycles. The van der Waals surface area contributed by atoms with E-state index in [4.69, 9.17) is 0 Å². The van der Waals surface area contributed by atoms with Crippen molar-refractivity contribution in [1.82, 2.24) is 14.3 Å². The van der Waals surface area contributed by atoms with Crippen molar-refractivity contribution in [3.05, 3.63) is 95.9 Å². The van der Waals surface area contributed by atoms with Crippen LogP contribution in [0.25, 0.3) is 11.3 Å². The van der Waals surface area contributed by atoms with Gasteiger partial charge < -0.3 is 15.1 Å². The Kier molecular flexibility index (Phi) is 7.81. The molecular weight excluding hydrogens is 528 g/mol. The van der Waals surface area contributed by atoms with Crippen molar-refractivity contribution < 1.29 is 23.4 Å². The average Bonchev–Trinajstić information content (AvgIpc) is 2.97. The van der Waals surface area contributed by atoms with Crippen LogP contribution in [0, 0.1) is 6.92 Å². The SMILES string of the molecule is Cc1cc(S(=O)(=O)N2CCCCC2)cnc1-c1ccc(N(Cc2cccnc2)C(=O)c2ccc(O)cc2O)cc1. The maximum absolute atomic E-state index is 13.5. The quantitative estimate of drug-likeness (QED) is 0.331. The number of carbonyl (C=O) groups is 1. The zero-order chi connectivity index (χ0) is 28.3. The first-order valence-corrected chi connectivity index (χ1v) is 14.5. The summed E-state index contributed by atoms with van der Waals surface area (Å²) in [4.78, 5) is 23.9. The fourth-order valence-electron chi connectivity index (χ4n) is 4.85. The van der Waals surface area contributed by atoms with Crippen LogP contribution in [-0.2, 0) is 16.6 Å². The van der Waals surface area contributed by atoms with Gasteiger partial charge in [-0.25, -0.2) is 8.42 Å². The minimum Gasteiger partial charge on any atom is -0.508 e. The first-order valence-electron chi connectivity index (χ1n) is 13.0. The number of aromatic hydroxyl groups is 2. The molecule has 0 atom stereocenters. The number of hydrogen-bond donors (Lipinski definition) is 2. The molecule has 2 aromatic heterocycles. The molecular formula is C30H30N4O5S. The zero-order valence-electron chi connectivity index (χ0n) is 22.1. The first kappa shape index (κ1) is 27.3. The van der Waals surface area contributed by atoms with E-state index in [0.29, 0.717) is 24.5 Å². The molecule has 0 unspecified atom stereocenters. The van der Waals surface area contributed by atoms with E-state index in [1.165, 1.54) is 27.5 Å². The van der Waals surface area contributed by atoms with Crippen molar-refractivity contribution in [3.63, 3.8) is 0 Å². The summed E-state index contributed by atoms with van der Waals surface area (Å²) < 4.78 is 27.7. The fourth-order valence-corrected chi connectivity index (χ4v) is 6.40. The molecule has 0 saturated carbocycles. The number of carbonyl (C=O) groups excluding carboxylic acids is 1. The molecule has 1 aliphatic rings. The predicted octanol–water partition coefficient (Wildman–Crippen LogP) is 4.88. The number of sulfonamides is 1. The lowest BCUT2D eigenvalue weighted by molar-refractivity contribution is 0.0982. The molecule has 2 N–H and O–H groups in total. The summed E-state index contributed by atoms with van der Waals surface area (Å²) in [6.07, 6.45) is 7.49. The van der Waals surface area contributed by atoms with Crippen LogP contribution < -0.4 is 4.90 Å².